The number of amides is 1. The third kappa shape index (κ3) is 3.77. The molecule has 0 aliphatic carbocycles. The van der Waals surface area contributed by atoms with Crippen LogP contribution in [0.2, 0.25) is 0 Å². The molecule has 1 heterocycles. The van der Waals surface area contributed by atoms with Gasteiger partial charge in [-0.05, 0) is 37.1 Å². The first-order chi connectivity index (χ1) is 12.7. The van der Waals surface area contributed by atoms with Crippen LogP contribution in [0.5, 0.6) is 5.75 Å². The summed E-state index contributed by atoms with van der Waals surface area (Å²) in [6.45, 7) is 6.87. The number of nitrogens with one attached hydrogen (secondary N) is 1. The molecule has 1 amide bonds. The summed E-state index contributed by atoms with van der Waals surface area (Å²) < 4.78 is 8.12. The largest absolute Gasteiger partial charge is 0.491 e. The van der Waals surface area contributed by atoms with Crippen molar-refractivity contribution in [3.8, 4) is 5.75 Å². The van der Waals surface area contributed by atoms with Gasteiger partial charge in [0.15, 0.2) is 0 Å². The maximum absolute atomic E-state index is 10.8. The second-order valence-electron chi connectivity index (χ2n) is 6.07. The van der Waals surface area contributed by atoms with Gasteiger partial charge in [0, 0.05) is 0 Å². The van der Waals surface area contributed by atoms with Crippen LogP contribution >= 0.6 is 0 Å². The maximum Gasteiger partial charge on any atom is 0.207 e. The molecule has 1 N–H and O–H groups in total. The highest BCUT2D eigenvalue weighted by Gasteiger charge is 2.16. The first-order valence-corrected chi connectivity index (χ1v) is 8.71. The number of rotatable bonds is 9. The quantitative estimate of drug-likeness (QED) is 0.474. The highest BCUT2D eigenvalue weighted by Crippen LogP contribution is 2.22. The minimum absolute atomic E-state index is 0.173. The van der Waals surface area contributed by atoms with Crippen molar-refractivity contribution in [2.45, 2.75) is 25.9 Å². The van der Waals surface area contributed by atoms with Crippen LogP contribution in [-0.4, -0.2) is 22.6 Å². The lowest BCUT2D eigenvalue weighted by Crippen LogP contribution is -2.22. The number of hydrogen-bond donors (Lipinski definition) is 1. The van der Waals surface area contributed by atoms with Gasteiger partial charge in [-0.25, -0.2) is 4.98 Å². The van der Waals surface area contributed by atoms with Crippen molar-refractivity contribution in [1.82, 2.24) is 14.9 Å². The normalized spacial score (nSPS) is 11.9. The van der Waals surface area contributed by atoms with Crippen molar-refractivity contribution in [1.29, 1.82) is 0 Å². The fraction of sp³-hybridized carbons (Fsp3) is 0.238. The number of nitrogens with zero attached hydrogens (tertiary/aromatic N) is 2. The molecule has 0 spiro atoms. The third-order valence-corrected chi connectivity index (χ3v) is 4.30. The van der Waals surface area contributed by atoms with E-state index in [1.807, 2.05) is 61.5 Å². The monoisotopic (exact) mass is 349 g/mol. The van der Waals surface area contributed by atoms with Crippen molar-refractivity contribution in [3.63, 3.8) is 0 Å². The summed E-state index contributed by atoms with van der Waals surface area (Å²) >= 11 is 0. The van der Waals surface area contributed by atoms with Gasteiger partial charge in [0.25, 0.3) is 0 Å². The lowest BCUT2D eigenvalue weighted by molar-refractivity contribution is -0.110. The molecule has 26 heavy (non-hydrogen) atoms. The molecule has 0 saturated carbocycles. The predicted octanol–water partition coefficient (Wildman–Crippen LogP) is 3.65. The number of allylic oxidation sites excluding steroid dienone is 1. The summed E-state index contributed by atoms with van der Waals surface area (Å²) in [6, 6.07) is 15.8. The van der Waals surface area contributed by atoms with Gasteiger partial charge in [-0.2, -0.15) is 0 Å². The molecular formula is C21H23N3O2. The number of fused-ring (bicyclic) bond motifs is 1. The molecule has 0 saturated heterocycles. The number of aromatic nitrogens is 2. The standard InChI is InChI=1S/C21H23N3O2/c1-3-8-17-9-4-7-12-20(17)26-14-13-24-19-11-6-5-10-18(19)23-21(24)16(2)22-15-25/h3-7,9-12,15-16H,1,8,13-14H2,2H3,(H,22,25). The highest BCUT2D eigenvalue weighted by molar-refractivity contribution is 5.76. The van der Waals surface area contributed by atoms with E-state index in [2.05, 4.69) is 21.4 Å². The van der Waals surface area contributed by atoms with Crippen molar-refractivity contribution >= 4 is 17.4 Å². The van der Waals surface area contributed by atoms with Crippen LogP contribution in [0.25, 0.3) is 11.0 Å². The first kappa shape index (κ1) is 17.7. The summed E-state index contributed by atoms with van der Waals surface area (Å²) in [5.74, 6) is 1.69. The molecule has 134 valence electrons. The molecular weight excluding hydrogens is 326 g/mol. The molecule has 0 bridgehead atoms. The van der Waals surface area contributed by atoms with Gasteiger partial charge >= 0.3 is 0 Å². The lowest BCUT2D eigenvalue weighted by Gasteiger charge is -2.15. The highest BCUT2D eigenvalue weighted by atomic mass is 16.5. The Hall–Kier alpha value is -3.08. The van der Waals surface area contributed by atoms with Crippen LogP contribution in [0.4, 0.5) is 0 Å². The first-order valence-electron chi connectivity index (χ1n) is 8.71. The molecule has 0 fully saturated rings. The van der Waals surface area contributed by atoms with Crippen LogP contribution < -0.4 is 10.1 Å². The van der Waals surface area contributed by atoms with Gasteiger partial charge in [0.2, 0.25) is 6.41 Å². The van der Waals surface area contributed by atoms with Crippen molar-refractivity contribution in [3.05, 3.63) is 72.6 Å². The van der Waals surface area contributed by atoms with Crippen molar-refractivity contribution in [2.75, 3.05) is 6.61 Å². The number of ether oxygens (including phenoxy) is 1. The van der Waals surface area contributed by atoms with E-state index >= 15 is 0 Å². The van der Waals surface area contributed by atoms with E-state index in [-0.39, 0.29) is 6.04 Å². The number of benzene rings is 2. The molecule has 5 heteroatoms. The Balaban J connectivity index is 1.81. The molecule has 0 aliphatic rings. The summed E-state index contributed by atoms with van der Waals surface area (Å²) in [5, 5.41) is 2.78. The maximum atomic E-state index is 10.8. The molecule has 0 aliphatic heterocycles. The zero-order chi connectivity index (χ0) is 18.4. The zero-order valence-electron chi connectivity index (χ0n) is 14.9. The van der Waals surface area contributed by atoms with Crippen LogP contribution in [-0.2, 0) is 17.8 Å². The SMILES string of the molecule is C=CCc1ccccc1OCCn1c(C(C)NC=O)nc2ccccc21. The van der Waals surface area contributed by atoms with Crippen LogP contribution in [0.3, 0.4) is 0 Å². The number of carbonyl (C=O) groups excluding carboxylic acids is 1. The van der Waals surface area contributed by atoms with E-state index in [4.69, 9.17) is 4.74 Å². The van der Waals surface area contributed by atoms with Gasteiger partial charge in [0.05, 0.1) is 23.6 Å². The second-order valence-corrected chi connectivity index (χ2v) is 6.07. The number of para-hydroxylation sites is 3. The lowest BCUT2D eigenvalue weighted by atomic mass is 10.1. The topological polar surface area (TPSA) is 56.1 Å². The molecule has 2 aromatic carbocycles. The smallest absolute Gasteiger partial charge is 0.207 e. The van der Waals surface area contributed by atoms with Gasteiger partial charge < -0.3 is 14.6 Å². The van der Waals surface area contributed by atoms with Crippen LogP contribution in [0, 0.1) is 0 Å². The zero-order valence-corrected chi connectivity index (χ0v) is 14.9. The number of hydrogen-bond acceptors (Lipinski definition) is 3. The Morgan fingerprint density at radius 2 is 2.00 bits per heavy atom. The van der Waals surface area contributed by atoms with Crippen molar-refractivity contribution < 1.29 is 9.53 Å². The predicted molar refractivity (Wildman–Crippen MR) is 103 cm³/mol. The molecule has 5 nitrogen and oxygen atoms in total. The summed E-state index contributed by atoms with van der Waals surface area (Å²) in [5.41, 5.74) is 3.06. The Morgan fingerprint density at radius 3 is 2.81 bits per heavy atom. The fourth-order valence-corrected chi connectivity index (χ4v) is 3.05. The minimum atomic E-state index is -0.173. The summed E-state index contributed by atoms with van der Waals surface area (Å²) in [6.07, 6.45) is 3.35. The summed E-state index contributed by atoms with van der Waals surface area (Å²) in [7, 11) is 0. The van der Waals surface area contributed by atoms with Crippen LogP contribution in [0.15, 0.2) is 61.2 Å². The van der Waals surface area contributed by atoms with E-state index in [1.165, 1.54) is 0 Å². The minimum Gasteiger partial charge on any atom is -0.491 e. The fourth-order valence-electron chi connectivity index (χ4n) is 3.05. The van der Waals surface area contributed by atoms with E-state index in [1.54, 1.807) is 0 Å². The molecule has 0 radical (unpaired) electrons. The van der Waals surface area contributed by atoms with Gasteiger partial charge in [-0.1, -0.05) is 36.4 Å². The molecule has 1 unspecified atom stereocenters. The van der Waals surface area contributed by atoms with Gasteiger partial charge in [-0.3, -0.25) is 4.79 Å². The van der Waals surface area contributed by atoms with Gasteiger partial charge in [0.1, 0.15) is 18.2 Å². The Labute approximate surface area is 153 Å². The second kappa shape index (κ2) is 8.34. The van der Waals surface area contributed by atoms with Crippen molar-refractivity contribution in [2.24, 2.45) is 0 Å². The van der Waals surface area contributed by atoms with Gasteiger partial charge in [-0.15, -0.1) is 6.58 Å². The van der Waals surface area contributed by atoms with E-state index in [0.717, 1.165) is 34.6 Å². The van der Waals surface area contributed by atoms with E-state index < -0.39 is 0 Å². The molecule has 1 atom stereocenters. The molecule has 1 aromatic heterocycles. The number of carbonyl (C=O) groups is 1. The number of imidazole rings is 1. The molecule has 3 rings (SSSR count). The van der Waals surface area contributed by atoms with E-state index in [9.17, 15) is 4.79 Å². The average molecular weight is 349 g/mol. The molecule has 3 aromatic rings. The average Bonchev–Trinajstić information content (AvgIpc) is 3.02. The van der Waals surface area contributed by atoms with Crippen LogP contribution in [0.1, 0.15) is 24.4 Å². The Morgan fingerprint density at radius 1 is 1.23 bits per heavy atom. The van der Waals surface area contributed by atoms with E-state index in [0.29, 0.717) is 19.6 Å². The third-order valence-electron chi connectivity index (χ3n) is 4.30. The Kier molecular flexibility index (Phi) is 5.69. The Bertz CT molecular complexity index is 901. The summed E-state index contributed by atoms with van der Waals surface area (Å²) in [4.78, 5) is 15.5.